The summed E-state index contributed by atoms with van der Waals surface area (Å²) < 4.78 is 14.0. The van der Waals surface area contributed by atoms with E-state index in [2.05, 4.69) is 18.8 Å². The van der Waals surface area contributed by atoms with Gasteiger partial charge in [-0.1, -0.05) is 32.0 Å². The van der Waals surface area contributed by atoms with Gasteiger partial charge < -0.3 is 10.6 Å². The van der Waals surface area contributed by atoms with Crippen LogP contribution in [0.3, 0.4) is 0 Å². The van der Waals surface area contributed by atoms with Crippen LogP contribution >= 0.6 is 0 Å². The van der Waals surface area contributed by atoms with Gasteiger partial charge in [0.15, 0.2) is 5.96 Å². The second kappa shape index (κ2) is 4.59. The summed E-state index contributed by atoms with van der Waals surface area (Å²) in [6.45, 7) is 7.52. The highest BCUT2D eigenvalue weighted by Gasteiger charge is 2.41. The quantitative estimate of drug-likeness (QED) is 0.893. The molecule has 0 fully saturated rings. The van der Waals surface area contributed by atoms with Crippen LogP contribution in [0, 0.1) is 11.7 Å². The van der Waals surface area contributed by atoms with Gasteiger partial charge in [0.05, 0.1) is 12.1 Å². The Hall–Kier alpha value is -1.58. The first kappa shape index (κ1) is 12.9. The largest absolute Gasteiger partial charge is 0.370 e. The minimum absolute atomic E-state index is 0.196. The third-order valence-corrected chi connectivity index (χ3v) is 3.42. The fourth-order valence-electron chi connectivity index (χ4n) is 2.45. The zero-order chi connectivity index (χ0) is 13.3. The van der Waals surface area contributed by atoms with E-state index in [9.17, 15) is 4.39 Å². The van der Waals surface area contributed by atoms with Crippen LogP contribution in [0.5, 0.6) is 0 Å². The molecule has 0 saturated heterocycles. The van der Waals surface area contributed by atoms with Crippen molar-refractivity contribution in [2.75, 3.05) is 13.1 Å². The van der Waals surface area contributed by atoms with Crippen molar-refractivity contribution in [2.24, 2.45) is 16.6 Å². The molecule has 3 nitrogen and oxygen atoms in total. The van der Waals surface area contributed by atoms with E-state index < -0.39 is 5.54 Å². The molecule has 0 amide bonds. The Morgan fingerprint density at radius 1 is 1.44 bits per heavy atom. The monoisotopic (exact) mass is 249 g/mol. The Bertz CT molecular complexity index is 470. The first-order valence-corrected chi connectivity index (χ1v) is 6.27. The Morgan fingerprint density at radius 2 is 2.11 bits per heavy atom. The number of nitrogens with zero attached hydrogens (tertiary/aromatic N) is 2. The number of nitrogens with two attached hydrogens (primary N) is 1. The summed E-state index contributed by atoms with van der Waals surface area (Å²) in [5.41, 5.74) is 6.13. The van der Waals surface area contributed by atoms with Gasteiger partial charge in [-0.15, -0.1) is 0 Å². The van der Waals surface area contributed by atoms with Crippen LogP contribution in [0.25, 0.3) is 0 Å². The molecule has 4 heteroatoms. The highest BCUT2D eigenvalue weighted by atomic mass is 19.1. The standard InChI is InChI=1S/C14H20FN3/c1-10(2)8-18-13(16)17-9-14(18,3)11-6-4-5-7-12(11)15/h4-7,10H,8-9H2,1-3H3,(H2,16,17). The summed E-state index contributed by atoms with van der Waals surface area (Å²) in [6, 6.07) is 6.86. The molecule has 2 N–H and O–H groups in total. The van der Waals surface area contributed by atoms with Gasteiger partial charge in [0.1, 0.15) is 5.82 Å². The van der Waals surface area contributed by atoms with E-state index in [1.54, 1.807) is 6.07 Å². The Kier molecular flexibility index (Phi) is 3.28. The van der Waals surface area contributed by atoms with E-state index in [1.165, 1.54) is 6.07 Å². The maximum atomic E-state index is 14.0. The lowest BCUT2D eigenvalue weighted by molar-refractivity contribution is 0.198. The zero-order valence-corrected chi connectivity index (χ0v) is 11.2. The Balaban J connectivity index is 2.39. The van der Waals surface area contributed by atoms with Crippen LogP contribution in [-0.2, 0) is 5.54 Å². The second-order valence-electron chi connectivity index (χ2n) is 5.43. The van der Waals surface area contributed by atoms with E-state index in [0.29, 0.717) is 24.0 Å². The number of hydrogen-bond acceptors (Lipinski definition) is 3. The summed E-state index contributed by atoms with van der Waals surface area (Å²) in [5, 5.41) is 0. The van der Waals surface area contributed by atoms with Gasteiger partial charge in [-0.25, -0.2) is 4.39 Å². The van der Waals surface area contributed by atoms with E-state index >= 15 is 0 Å². The van der Waals surface area contributed by atoms with Crippen molar-refractivity contribution < 1.29 is 4.39 Å². The summed E-state index contributed by atoms with van der Waals surface area (Å²) in [5.74, 6) is 0.760. The van der Waals surface area contributed by atoms with Gasteiger partial charge in [0.25, 0.3) is 0 Å². The third-order valence-electron chi connectivity index (χ3n) is 3.42. The summed E-state index contributed by atoms with van der Waals surface area (Å²) >= 11 is 0. The van der Waals surface area contributed by atoms with E-state index in [-0.39, 0.29) is 5.82 Å². The van der Waals surface area contributed by atoms with Gasteiger partial charge in [-0.3, -0.25) is 4.99 Å². The van der Waals surface area contributed by atoms with Crippen molar-refractivity contribution in [1.29, 1.82) is 0 Å². The van der Waals surface area contributed by atoms with Gasteiger partial charge in [0, 0.05) is 12.1 Å². The molecule has 1 aliphatic rings. The van der Waals surface area contributed by atoms with Crippen molar-refractivity contribution in [2.45, 2.75) is 26.3 Å². The molecule has 0 aromatic heterocycles. The SMILES string of the molecule is CC(C)CN1C(N)=NCC1(C)c1ccccc1F. The van der Waals surface area contributed by atoms with Crippen LogP contribution in [0.4, 0.5) is 4.39 Å². The smallest absolute Gasteiger partial charge is 0.192 e. The van der Waals surface area contributed by atoms with Crippen molar-refractivity contribution >= 4 is 5.96 Å². The molecule has 1 unspecified atom stereocenters. The van der Waals surface area contributed by atoms with Crippen LogP contribution in [0.2, 0.25) is 0 Å². The van der Waals surface area contributed by atoms with Gasteiger partial charge in [-0.2, -0.15) is 0 Å². The summed E-state index contributed by atoms with van der Waals surface area (Å²) in [7, 11) is 0. The molecule has 1 aromatic carbocycles. The lowest BCUT2D eigenvalue weighted by atomic mass is 9.90. The predicted octanol–water partition coefficient (Wildman–Crippen LogP) is 2.33. The molecule has 0 saturated carbocycles. The molecule has 98 valence electrons. The topological polar surface area (TPSA) is 41.6 Å². The van der Waals surface area contributed by atoms with Gasteiger partial charge in [0.2, 0.25) is 0 Å². The molecule has 18 heavy (non-hydrogen) atoms. The minimum atomic E-state index is -0.473. The number of hydrogen-bond donors (Lipinski definition) is 1. The van der Waals surface area contributed by atoms with E-state index in [1.807, 2.05) is 24.0 Å². The molecule has 1 aromatic rings. The highest BCUT2D eigenvalue weighted by Crippen LogP contribution is 2.34. The Labute approximate surface area is 108 Å². The van der Waals surface area contributed by atoms with Crippen LogP contribution in [-0.4, -0.2) is 23.9 Å². The maximum absolute atomic E-state index is 14.0. The zero-order valence-electron chi connectivity index (χ0n) is 11.2. The first-order valence-electron chi connectivity index (χ1n) is 6.27. The maximum Gasteiger partial charge on any atom is 0.192 e. The molecule has 0 aliphatic carbocycles. The predicted molar refractivity (Wildman–Crippen MR) is 71.8 cm³/mol. The fourth-order valence-corrected chi connectivity index (χ4v) is 2.45. The number of aliphatic imine (C=N–C) groups is 1. The van der Waals surface area contributed by atoms with Crippen LogP contribution in [0.15, 0.2) is 29.3 Å². The fraction of sp³-hybridized carbons (Fsp3) is 0.500. The number of rotatable bonds is 3. The molecule has 2 rings (SSSR count). The number of guanidine groups is 1. The molecule has 1 heterocycles. The molecule has 1 aliphatic heterocycles. The molecule has 0 spiro atoms. The number of halogens is 1. The molecule has 0 radical (unpaired) electrons. The molecule has 0 bridgehead atoms. The minimum Gasteiger partial charge on any atom is -0.370 e. The molecular formula is C14H20FN3. The van der Waals surface area contributed by atoms with Crippen LogP contribution in [0.1, 0.15) is 26.3 Å². The van der Waals surface area contributed by atoms with Crippen molar-refractivity contribution in [1.82, 2.24) is 4.90 Å². The van der Waals surface area contributed by atoms with E-state index in [4.69, 9.17) is 5.73 Å². The Morgan fingerprint density at radius 3 is 2.72 bits per heavy atom. The second-order valence-corrected chi connectivity index (χ2v) is 5.43. The van der Waals surface area contributed by atoms with Crippen LogP contribution < -0.4 is 5.73 Å². The normalized spacial score (nSPS) is 23.6. The summed E-state index contributed by atoms with van der Waals surface area (Å²) in [6.07, 6.45) is 0. The lowest BCUT2D eigenvalue weighted by Crippen LogP contribution is -2.49. The highest BCUT2D eigenvalue weighted by molar-refractivity contribution is 5.81. The van der Waals surface area contributed by atoms with Crippen molar-refractivity contribution in [3.05, 3.63) is 35.6 Å². The van der Waals surface area contributed by atoms with Crippen molar-refractivity contribution in [3.63, 3.8) is 0 Å². The number of benzene rings is 1. The average molecular weight is 249 g/mol. The molecular weight excluding hydrogens is 229 g/mol. The average Bonchev–Trinajstić information content (AvgIpc) is 2.58. The third kappa shape index (κ3) is 2.07. The first-order chi connectivity index (χ1) is 8.45. The van der Waals surface area contributed by atoms with Crippen molar-refractivity contribution in [3.8, 4) is 0 Å². The van der Waals surface area contributed by atoms with Gasteiger partial charge in [-0.05, 0) is 18.9 Å². The van der Waals surface area contributed by atoms with Gasteiger partial charge >= 0.3 is 0 Å². The molecule has 1 atom stereocenters. The van der Waals surface area contributed by atoms with E-state index in [0.717, 1.165) is 6.54 Å². The summed E-state index contributed by atoms with van der Waals surface area (Å²) in [4.78, 5) is 6.30. The lowest BCUT2D eigenvalue weighted by Gasteiger charge is -2.37.